The molecule has 1 fully saturated rings. The standard InChI is InChI=1S/C23H26Cl2N6O2/c24-18-4-3-15(12-19(18)25)20(2-1-8-26)30-23(32)31-9-5-16-13-27-22(29-21(16)14-31)28-17-6-10-33-11-7-17/h3-4,12-13,17,20H,1-2,5-7,9-11,14H2,(H,30,32)(H,27,28,29). The minimum atomic E-state index is -0.343. The molecule has 0 spiro atoms. The van der Waals surface area contributed by atoms with E-state index in [4.69, 9.17) is 33.2 Å². The Labute approximate surface area is 203 Å². The summed E-state index contributed by atoms with van der Waals surface area (Å²) < 4.78 is 5.41. The van der Waals surface area contributed by atoms with Crippen molar-refractivity contribution in [2.24, 2.45) is 0 Å². The summed E-state index contributed by atoms with van der Waals surface area (Å²) >= 11 is 12.2. The summed E-state index contributed by atoms with van der Waals surface area (Å²) in [6.07, 6.45) is 5.18. The number of hydrogen-bond acceptors (Lipinski definition) is 6. The summed E-state index contributed by atoms with van der Waals surface area (Å²) in [4.78, 5) is 24.0. The number of hydrogen-bond donors (Lipinski definition) is 2. The number of carbonyl (C=O) groups excluding carboxylic acids is 1. The van der Waals surface area contributed by atoms with Crippen LogP contribution in [0.3, 0.4) is 0 Å². The second-order valence-electron chi connectivity index (χ2n) is 8.24. The highest BCUT2D eigenvalue weighted by atomic mass is 35.5. The lowest BCUT2D eigenvalue weighted by Crippen LogP contribution is -2.44. The fourth-order valence-corrected chi connectivity index (χ4v) is 4.38. The van der Waals surface area contributed by atoms with Crippen LogP contribution >= 0.6 is 23.2 Å². The van der Waals surface area contributed by atoms with Crippen molar-refractivity contribution >= 4 is 35.2 Å². The molecule has 2 amide bonds. The zero-order chi connectivity index (χ0) is 23.2. The summed E-state index contributed by atoms with van der Waals surface area (Å²) in [5, 5.41) is 16.4. The normalized spacial score (nSPS) is 17.1. The van der Waals surface area contributed by atoms with Gasteiger partial charge in [-0.25, -0.2) is 14.8 Å². The zero-order valence-electron chi connectivity index (χ0n) is 18.2. The van der Waals surface area contributed by atoms with Gasteiger partial charge in [-0.1, -0.05) is 29.3 Å². The van der Waals surface area contributed by atoms with Crippen molar-refractivity contribution in [3.63, 3.8) is 0 Å². The molecule has 0 bridgehead atoms. The number of urea groups is 1. The number of nitrogens with one attached hydrogen (secondary N) is 2. The molecule has 10 heteroatoms. The van der Waals surface area contributed by atoms with Crippen LogP contribution in [0.4, 0.5) is 10.7 Å². The van der Waals surface area contributed by atoms with E-state index in [1.807, 2.05) is 12.3 Å². The number of nitriles is 1. The van der Waals surface area contributed by atoms with Gasteiger partial charge in [0.2, 0.25) is 5.95 Å². The topological polar surface area (TPSA) is 103 Å². The molecule has 1 aromatic carbocycles. The minimum Gasteiger partial charge on any atom is -0.381 e. The van der Waals surface area contributed by atoms with E-state index in [-0.39, 0.29) is 12.1 Å². The van der Waals surface area contributed by atoms with E-state index in [0.717, 1.165) is 42.9 Å². The van der Waals surface area contributed by atoms with Crippen molar-refractivity contribution in [3.8, 4) is 6.07 Å². The third kappa shape index (κ3) is 6.05. The van der Waals surface area contributed by atoms with Crippen molar-refractivity contribution in [2.75, 3.05) is 25.1 Å². The lowest BCUT2D eigenvalue weighted by Gasteiger charge is -2.30. The number of ether oxygens (including phenoxy) is 1. The van der Waals surface area contributed by atoms with Crippen molar-refractivity contribution < 1.29 is 9.53 Å². The number of benzene rings is 1. The van der Waals surface area contributed by atoms with Gasteiger partial charge in [0.25, 0.3) is 0 Å². The monoisotopic (exact) mass is 488 g/mol. The summed E-state index contributed by atoms with van der Waals surface area (Å²) in [5.74, 6) is 0.589. The molecule has 1 aromatic heterocycles. The van der Waals surface area contributed by atoms with Gasteiger partial charge in [0.15, 0.2) is 0 Å². The summed E-state index contributed by atoms with van der Waals surface area (Å²) in [5.41, 5.74) is 2.72. The van der Waals surface area contributed by atoms with Gasteiger partial charge in [-0.15, -0.1) is 0 Å². The summed E-state index contributed by atoms with van der Waals surface area (Å²) in [6.45, 7) is 2.45. The Morgan fingerprint density at radius 1 is 1.30 bits per heavy atom. The quantitative estimate of drug-likeness (QED) is 0.620. The number of amides is 2. The Morgan fingerprint density at radius 3 is 2.88 bits per heavy atom. The Kier molecular flexibility index (Phi) is 7.86. The first-order valence-corrected chi connectivity index (χ1v) is 11.9. The maximum atomic E-state index is 13.1. The van der Waals surface area contributed by atoms with Crippen molar-refractivity contribution in [2.45, 2.75) is 50.7 Å². The number of halogens is 2. The zero-order valence-corrected chi connectivity index (χ0v) is 19.7. The minimum absolute atomic E-state index is 0.202. The molecule has 33 heavy (non-hydrogen) atoms. The van der Waals surface area contributed by atoms with Crippen molar-refractivity contribution in [3.05, 3.63) is 51.3 Å². The Balaban J connectivity index is 1.43. The first kappa shape index (κ1) is 23.6. The van der Waals surface area contributed by atoms with E-state index >= 15 is 0 Å². The molecule has 0 radical (unpaired) electrons. The summed E-state index contributed by atoms with van der Waals surface area (Å²) in [7, 11) is 0. The van der Waals surface area contributed by atoms with Gasteiger partial charge in [-0.05, 0) is 48.9 Å². The Bertz CT molecular complexity index is 1040. The lowest BCUT2D eigenvalue weighted by atomic mass is 10.0. The molecule has 3 heterocycles. The third-order valence-corrected chi connectivity index (χ3v) is 6.72. The lowest BCUT2D eigenvalue weighted by molar-refractivity contribution is 0.0903. The Morgan fingerprint density at radius 2 is 2.12 bits per heavy atom. The predicted octanol–water partition coefficient (Wildman–Crippen LogP) is 4.49. The average Bonchev–Trinajstić information content (AvgIpc) is 2.83. The second kappa shape index (κ2) is 11.0. The van der Waals surface area contributed by atoms with Gasteiger partial charge < -0.3 is 20.3 Å². The van der Waals surface area contributed by atoms with Gasteiger partial charge in [0, 0.05) is 38.4 Å². The van der Waals surface area contributed by atoms with E-state index in [1.54, 1.807) is 17.0 Å². The largest absolute Gasteiger partial charge is 0.381 e. The molecule has 1 unspecified atom stereocenters. The van der Waals surface area contributed by atoms with Crippen LogP contribution in [0.5, 0.6) is 0 Å². The molecular weight excluding hydrogens is 463 g/mol. The highest BCUT2D eigenvalue weighted by molar-refractivity contribution is 6.42. The van der Waals surface area contributed by atoms with Gasteiger partial charge in [0.1, 0.15) is 0 Å². The highest BCUT2D eigenvalue weighted by Crippen LogP contribution is 2.28. The van der Waals surface area contributed by atoms with Crippen LogP contribution in [-0.2, 0) is 17.7 Å². The van der Waals surface area contributed by atoms with E-state index in [2.05, 4.69) is 26.7 Å². The van der Waals surface area contributed by atoms with Crippen LogP contribution in [0, 0.1) is 11.3 Å². The van der Waals surface area contributed by atoms with E-state index in [9.17, 15) is 4.79 Å². The molecule has 2 aliphatic heterocycles. The summed E-state index contributed by atoms with van der Waals surface area (Å²) in [6, 6.07) is 7.16. The Hall–Kier alpha value is -2.60. The SMILES string of the molecule is N#CCCC(NC(=O)N1CCc2cnc(NC3CCOCC3)nc2C1)c1ccc(Cl)c(Cl)c1. The number of aromatic nitrogens is 2. The van der Waals surface area contributed by atoms with Gasteiger partial charge in [-0.3, -0.25) is 0 Å². The van der Waals surface area contributed by atoms with E-state index < -0.39 is 0 Å². The number of nitrogens with zero attached hydrogens (tertiary/aromatic N) is 4. The smallest absolute Gasteiger partial charge is 0.318 e. The predicted molar refractivity (Wildman–Crippen MR) is 126 cm³/mol. The number of rotatable bonds is 6. The van der Waals surface area contributed by atoms with Crippen molar-refractivity contribution in [1.29, 1.82) is 5.26 Å². The van der Waals surface area contributed by atoms with Gasteiger partial charge >= 0.3 is 6.03 Å². The average molecular weight is 489 g/mol. The maximum absolute atomic E-state index is 13.1. The first-order chi connectivity index (χ1) is 16.0. The number of fused-ring (bicyclic) bond motifs is 1. The third-order valence-electron chi connectivity index (χ3n) is 5.98. The van der Waals surface area contributed by atoms with Crippen LogP contribution in [0.15, 0.2) is 24.4 Å². The van der Waals surface area contributed by atoms with Crippen LogP contribution in [0.2, 0.25) is 10.0 Å². The van der Waals surface area contributed by atoms with Gasteiger partial charge in [-0.2, -0.15) is 5.26 Å². The molecule has 1 atom stereocenters. The maximum Gasteiger partial charge on any atom is 0.318 e. The first-order valence-electron chi connectivity index (χ1n) is 11.1. The van der Waals surface area contributed by atoms with Crippen LogP contribution in [-0.4, -0.2) is 46.7 Å². The molecule has 0 aliphatic carbocycles. The van der Waals surface area contributed by atoms with Crippen LogP contribution in [0.1, 0.15) is 48.5 Å². The molecule has 4 rings (SSSR count). The molecule has 2 N–H and O–H groups in total. The fraction of sp³-hybridized carbons (Fsp3) is 0.478. The highest BCUT2D eigenvalue weighted by Gasteiger charge is 2.25. The van der Waals surface area contributed by atoms with Crippen molar-refractivity contribution in [1.82, 2.24) is 20.2 Å². The van der Waals surface area contributed by atoms with Gasteiger partial charge in [0.05, 0.1) is 34.4 Å². The van der Waals surface area contributed by atoms with E-state index in [0.29, 0.717) is 54.4 Å². The molecular formula is C23H26Cl2N6O2. The van der Waals surface area contributed by atoms with Crippen LogP contribution in [0.25, 0.3) is 0 Å². The molecule has 174 valence electrons. The second-order valence-corrected chi connectivity index (χ2v) is 9.05. The molecule has 2 aromatic rings. The molecule has 8 nitrogen and oxygen atoms in total. The fourth-order valence-electron chi connectivity index (χ4n) is 4.07. The van der Waals surface area contributed by atoms with E-state index in [1.165, 1.54) is 0 Å². The molecule has 2 aliphatic rings. The van der Waals surface area contributed by atoms with Crippen LogP contribution < -0.4 is 10.6 Å². The molecule has 0 saturated carbocycles. The molecule has 1 saturated heterocycles. The number of carbonyl (C=O) groups is 1. The number of anilines is 1.